The molecule has 2 aromatic rings. The van der Waals surface area contributed by atoms with Gasteiger partial charge >= 0.3 is 0 Å². The Labute approximate surface area is 169 Å². The zero-order valence-corrected chi connectivity index (χ0v) is 17.2. The van der Waals surface area contributed by atoms with Gasteiger partial charge in [-0.15, -0.1) is 0 Å². The van der Waals surface area contributed by atoms with Crippen LogP contribution in [-0.4, -0.2) is 36.6 Å². The van der Waals surface area contributed by atoms with Gasteiger partial charge in [-0.25, -0.2) is 8.42 Å². The number of piperidine rings is 1. The van der Waals surface area contributed by atoms with Crippen molar-refractivity contribution in [3.63, 3.8) is 0 Å². The van der Waals surface area contributed by atoms with Gasteiger partial charge in [0.05, 0.1) is 9.82 Å². The third-order valence-corrected chi connectivity index (χ3v) is 7.05. The molecule has 29 heavy (non-hydrogen) atoms. The predicted octanol–water partition coefficient (Wildman–Crippen LogP) is 3.64. The number of aryl methyl sites for hydroxylation is 1. The van der Waals surface area contributed by atoms with Crippen molar-refractivity contribution in [1.29, 1.82) is 0 Å². The number of hydrogen-bond donors (Lipinski definition) is 1. The van der Waals surface area contributed by atoms with Gasteiger partial charge in [0.25, 0.3) is 11.6 Å². The lowest BCUT2D eigenvalue weighted by Crippen LogP contribution is -2.35. The molecule has 8 nitrogen and oxygen atoms in total. The SMILES string of the molecule is Cc1ccc(S(=O)(=O)N2CCCCC2)cc1NC(=O)c1cccc([N+](=O)[O-])c1C. The van der Waals surface area contributed by atoms with E-state index >= 15 is 0 Å². The van der Waals surface area contributed by atoms with Crippen molar-refractivity contribution in [1.82, 2.24) is 4.31 Å². The van der Waals surface area contributed by atoms with Crippen LogP contribution in [0.3, 0.4) is 0 Å². The Morgan fingerprint density at radius 3 is 2.45 bits per heavy atom. The number of amides is 1. The minimum atomic E-state index is -3.64. The number of benzene rings is 2. The molecule has 1 N–H and O–H groups in total. The average Bonchev–Trinajstić information content (AvgIpc) is 2.70. The molecule has 0 radical (unpaired) electrons. The fourth-order valence-electron chi connectivity index (χ4n) is 3.41. The third kappa shape index (κ3) is 4.30. The fraction of sp³-hybridized carbons (Fsp3) is 0.350. The van der Waals surface area contributed by atoms with Gasteiger partial charge in [-0.05, 0) is 50.5 Å². The Bertz CT molecular complexity index is 1060. The monoisotopic (exact) mass is 417 g/mol. The van der Waals surface area contributed by atoms with Crippen LogP contribution < -0.4 is 5.32 Å². The first-order chi connectivity index (χ1) is 13.7. The smallest absolute Gasteiger partial charge is 0.273 e. The van der Waals surface area contributed by atoms with E-state index in [2.05, 4.69) is 5.32 Å². The van der Waals surface area contributed by atoms with Crippen molar-refractivity contribution >= 4 is 27.3 Å². The zero-order valence-electron chi connectivity index (χ0n) is 16.3. The largest absolute Gasteiger partial charge is 0.322 e. The number of nitro benzene ring substituents is 1. The quantitative estimate of drug-likeness (QED) is 0.590. The summed E-state index contributed by atoms with van der Waals surface area (Å²) in [5, 5.41) is 13.8. The maximum Gasteiger partial charge on any atom is 0.273 e. The summed E-state index contributed by atoms with van der Waals surface area (Å²) in [5.74, 6) is -0.526. The Balaban J connectivity index is 1.90. The van der Waals surface area contributed by atoms with Gasteiger partial charge in [-0.3, -0.25) is 14.9 Å². The molecule has 154 valence electrons. The Morgan fingerprint density at radius 1 is 1.10 bits per heavy atom. The summed E-state index contributed by atoms with van der Waals surface area (Å²) in [4.78, 5) is 23.4. The number of rotatable bonds is 5. The lowest BCUT2D eigenvalue weighted by atomic mass is 10.1. The normalized spacial score (nSPS) is 15.1. The van der Waals surface area contributed by atoms with Crippen LogP contribution in [0.5, 0.6) is 0 Å². The van der Waals surface area contributed by atoms with E-state index in [1.807, 2.05) is 0 Å². The molecule has 1 amide bonds. The van der Waals surface area contributed by atoms with Gasteiger partial charge < -0.3 is 5.32 Å². The number of sulfonamides is 1. The van der Waals surface area contributed by atoms with Gasteiger partial charge in [0.15, 0.2) is 0 Å². The molecule has 0 aliphatic carbocycles. The first-order valence-corrected chi connectivity index (χ1v) is 10.8. The molecular weight excluding hydrogens is 394 g/mol. The number of nitro groups is 1. The molecule has 0 atom stereocenters. The number of carbonyl (C=O) groups is 1. The van der Waals surface area contributed by atoms with E-state index in [0.29, 0.717) is 24.3 Å². The maximum atomic E-state index is 12.9. The molecule has 0 bridgehead atoms. The number of anilines is 1. The highest BCUT2D eigenvalue weighted by molar-refractivity contribution is 7.89. The van der Waals surface area contributed by atoms with Gasteiger partial charge in [0, 0.05) is 36.0 Å². The van der Waals surface area contributed by atoms with Crippen molar-refractivity contribution in [3.05, 3.63) is 63.2 Å². The van der Waals surface area contributed by atoms with E-state index in [1.54, 1.807) is 13.0 Å². The molecule has 2 aromatic carbocycles. The summed E-state index contributed by atoms with van der Waals surface area (Å²) >= 11 is 0. The van der Waals surface area contributed by atoms with E-state index in [-0.39, 0.29) is 21.7 Å². The van der Waals surface area contributed by atoms with Gasteiger partial charge in [-0.2, -0.15) is 4.31 Å². The fourth-order valence-corrected chi connectivity index (χ4v) is 4.95. The maximum absolute atomic E-state index is 12.9. The van der Waals surface area contributed by atoms with Crippen molar-refractivity contribution < 1.29 is 18.1 Å². The zero-order chi connectivity index (χ0) is 21.2. The van der Waals surface area contributed by atoms with E-state index in [4.69, 9.17) is 0 Å². The van der Waals surface area contributed by atoms with Crippen LogP contribution in [0.25, 0.3) is 0 Å². The molecule has 1 saturated heterocycles. The predicted molar refractivity (Wildman–Crippen MR) is 110 cm³/mol. The second-order valence-corrected chi connectivity index (χ2v) is 9.04. The summed E-state index contributed by atoms with van der Waals surface area (Å²) < 4.78 is 27.3. The van der Waals surface area contributed by atoms with Gasteiger partial charge in [0.1, 0.15) is 0 Å². The first kappa shape index (κ1) is 20.9. The summed E-state index contributed by atoms with van der Waals surface area (Å²) in [6, 6.07) is 8.92. The number of carbonyl (C=O) groups excluding carboxylic acids is 1. The second-order valence-electron chi connectivity index (χ2n) is 7.10. The Morgan fingerprint density at radius 2 is 1.79 bits per heavy atom. The molecule has 9 heteroatoms. The van der Waals surface area contributed by atoms with Crippen LogP contribution in [0.15, 0.2) is 41.3 Å². The topological polar surface area (TPSA) is 110 Å². The van der Waals surface area contributed by atoms with Crippen molar-refractivity contribution in [3.8, 4) is 0 Å². The Hall–Kier alpha value is -2.78. The molecule has 1 fully saturated rings. The van der Waals surface area contributed by atoms with Gasteiger partial charge in [0.2, 0.25) is 10.0 Å². The lowest BCUT2D eigenvalue weighted by Gasteiger charge is -2.26. The molecule has 0 aromatic heterocycles. The van der Waals surface area contributed by atoms with Crippen molar-refractivity contribution in [2.75, 3.05) is 18.4 Å². The molecule has 0 unspecified atom stereocenters. The number of hydrogen-bond acceptors (Lipinski definition) is 5. The lowest BCUT2D eigenvalue weighted by molar-refractivity contribution is -0.385. The minimum absolute atomic E-state index is 0.121. The van der Waals surface area contributed by atoms with E-state index in [0.717, 1.165) is 19.3 Å². The van der Waals surface area contributed by atoms with E-state index < -0.39 is 20.9 Å². The highest BCUT2D eigenvalue weighted by Crippen LogP contribution is 2.27. The second kappa shape index (κ2) is 8.30. The average molecular weight is 417 g/mol. The number of nitrogens with one attached hydrogen (secondary N) is 1. The molecule has 1 aliphatic rings. The van der Waals surface area contributed by atoms with Gasteiger partial charge in [-0.1, -0.05) is 18.6 Å². The molecule has 0 spiro atoms. The summed E-state index contributed by atoms with van der Waals surface area (Å²) in [7, 11) is -3.64. The summed E-state index contributed by atoms with van der Waals surface area (Å²) in [6.45, 7) is 4.25. The summed E-state index contributed by atoms with van der Waals surface area (Å²) in [5.41, 5.74) is 1.33. The van der Waals surface area contributed by atoms with E-state index in [9.17, 15) is 23.3 Å². The molecule has 1 aliphatic heterocycles. The first-order valence-electron chi connectivity index (χ1n) is 9.38. The van der Waals surface area contributed by atoms with Crippen LogP contribution >= 0.6 is 0 Å². The standard InChI is InChI=1S/C20H23N3O5S/c1-14-9-10-16(29(27,28)22-11-4-3-5-12-22)13-18(14)21-20(24)17-7-6-8-19(15(17)2)23(25)26/h6-10,13H,3-5,11-12H2,1-2H3,(H,21,24). The molecule has 0 saturated carbocycles. The highest BCUT2D eigenvalue weighted by atomic mass is 32.2. The van der Waals surface area contributed by atoms with Crippen molar-refractivity contribution in [2.45, 2.75) is 38.0 Å². The van der Waals surface area contributed by atoms with Crippen LogP contribution in [0.1, 0.15) is 40.7 Å². The number of nitrogens with zero attached hydrogens (tertiary/aromatic N) is 2. The summed E-state index contributed by atoms with van der Waals surface area (Å²) in [6.07, 6.45) is 2.69. The Kier molecular flexibility index (Phi) is 5.99. The van der Waals surface area contributed by atoms with E-state index in [1.165, 1.54) is 41.6 Å². The van der Waals surface area contributed by atoms with Crippen molar-refractivity contribution in [2.24, 2.45) is 0 Å². The van der Waals surface area contributed by atoms with Crippen LogP contribution in [-0.2, 0) is 10.0 Å². The minimum Gasteiger partial charge on any atom is -0.322 e. The highest BCUT2D eigenvalue weighted by Gasteiger charge is 2.27. The molecular formula is C20H23N3O5S. The molecule has 1 heterocycles. The van der Waals surface area contributed by atoms with Crippen LogP contribution in [0.4, 0.5) is 11.4 Å². The van der Waals surface area contributed by atoms with Crippen LogP contribution in [0.2, 0.25) is 0 Å². The molecule has 3 rings (SSSR count). The third-order valence-electron chi connectivity index (χ3n) is 5.16. The van der Waals surface area contributed by atoms with Crippen LogP contribution in [0, 0.1) is 24.0 Å².